The van der Waals surface area contributed by atoms with Crippen LogP contribution in [-0.2, 0) is 14.3 Å². The van der Waals surface area contributed by atoms with Gasteiger partial charge in [-0.1, -0.05) is 0 Å². The van der Waals surface area contributed by atoms with Crippen LogP contribution in [0.1, 0.15) is 33.6 Å². The molecule has 1 saturated heterocycles. The summed E-state index contributed by atoms with van der Waals surface area (Å²) in [5, 5.41) is 2.71. The number of halogens is 1. The van der Waals surface area contributed by atoms with Crippen LogP contribution in [0.25, 0.3) is 0 Å². The van der Waals surface area contributed by atoms with Gasteiger partial charge >= 0.3 is 12.1 Å². The van der Waals surface area contributed by atoms with E-state index in [1.165, 1.54) is 7.11 Å². The summed E-state index contributed by atoms with van der Waals surface area (Å²) in [5.41, 5.74) is -1.75. The summed E-state index contributed by atoms with van der Waals surface area (Å²) in [6.45, 7) is 6.32. The maximum atomic E-state index is 12.3. The second-order valence-corrected chi connectivity index (χ2v) is 7.80. The predicted molar refractivity (Wildman–Crippen MR) is 95.3 cm³/mol. The number of carbonyl (C=O) groups excluding carboxylic acids is 2. The van der Waals surface area contributed by atoms with Crippen LogP contribution in [0.3, 0.4) is 0 Å². The second kappa shape index (κ2) is 7.55. The molecule has 0 radical (unpaired) electrons. The van der Waals surface area contributed by atoms with Crippen molar-refractivity contribution in [3.8, 4) is 0 Å². The summed E-state index contributed by atoms with van der Waals surface area (Å²) in [7, 11) is 1.31. The van der Waals surface area contributed by atoms with Crippen LogP contribution >= 0.6 is 15.9 Å². The Hall–Kier alpha value is -1.90. The summed E-state index contributed by atoms with van der Waals surface area (Å²) in [4.78, 5) is 35.0. The molecular formula is C16H23BrN4O4. The Morgan fingerprint density at radius 1 is 1.24 bits per heavy atom. The van der Waals surface area contributed by atoms with E-state index in [4.69, 9.17) is 9.47 Å². The minimum Gasteiger partial charge on any atom is -0.467 e. The van der Waals surface area contributed by atoms with Crippen molar-refractivity contribution < 1.29 is 19.1 Å². The minimum atomic E-state index is -1.11. The molecule has 1 amide bonds. The van der Waals surface area contributed by atoms with Gasteiger partial charge in [-0.25, -0.2) is 19.6 Å². The topological polar surface area (TPSA) is 93.6 Å². The number of rotatable bonds is 3. The fourth-order valence-corrected chi connectivity index (χ4v) is 2.84. The highest BCUT2D eigenvalue weighted by atomic mass is 79.9. The fourth-order valence-electron chi connectivity index (χ4n) is 2.63. The third-order valence-electron chi connectivity index (χ3n) is 3.82. The molecule has 1 aromatic heterocycles. The molecule has 1 fully saturated rings. The third-order valence-corrected chi connectivity index (χ3v) is 4.23. The number of hydrogen-bond donors (Lipinski definition) is 1. The van der Waals surface area contributed by atoms with Crippen molar-refractivity contribution >= 4 is 33.9 Å². The number of anilines is 1. The summed E-state index contributed by atoms with van der Waals surface area (Å²) in [5.74, 6) is 0.105. The number of esters is 1. The summed E-state index contributed by atoms with van der Waals surface area (Å²) in [6, 6.07) is 0. The number of hydrogen-bond acceptors (Lipinski definition) is 7. The predicted octanol–water partition coefficient (Wildman–Crippen LogP) is 2.28. The van der Waals surface area contributed by atoms with Crippen LogP contribution < -0.4 is 10.2 Å². The average Bonchev–Trinajstić information content (AvgIpc) is 2.53. The zero-order chi connectivity index (χ0) is 18.7. The van der Waals surface area contributed by atoms with E-state index in [2.05, 4.69) is 31.2 Å². The van der Waals surface area contributed by atoms with E-state index in [0.717, 1.165) is 4.47 Å². The molecule has 8 nitrogen and oxygen atoms in total. The van der Waals surface area contributed by atoms with Gasteiger partial charge in [-0.2, -0.15) is 0 Å². The first-order chi connectivity index (χ1) is 11.6. The molecule has 2 heterocycles. The number of methoxy groups -OCH3 is 1. The van der Waals surface area contributed by atoms with E-state index in [9.17, 15) is 9.59 Å². The smallest absolute Gasteiger partial charge is 0.408 e. The molecule has 1 aromatic rings. The van der Waals surface area contributed by atoms with Crippen LogP contribution in [0, 0.1) is 0 Å². The van der Waals surface area contributed by atoms with Gasteiger partial charge in [-0.05, 0) is 49.5 Å². The highest BCUT2D eigenvalue weighted by Gasteiger charge is 2.45. The van der Waals surface area contributed by atoms with Crippen LogP contribution in [-0.4, -0.2) is 53.4 Å². The summed E-state index contributed by atoms with van der Waals surface area (Å²) >= 11 is 3.30. The Labute approximate surface area is 155 Å². The molecule has 0 unspecified atom stereocenters. The molecule has 138 valence electrons. The van der Waals surface area contributed by atoms with Crippen molar-refractivity contribution in [1.29, 1.82) is 0 Å². The maximum absolute atomic E-state index is 12.3. The number of alkyl carbamates (subject to hydrolysis) is 1. The van der Waals surface area contributed by atoms with Gasteiger partial charge in [0.2, 0.25) is 5.95 Å². The Bertz CT molecular complexity index is 622. The van der Waals surface area contributed by atoms with Gasteiger partial charge < -0.3 is 19.7 Å². The summed E-state index contributed by atoms with van der Waals surface area (Å²) in [6.07, 6.45) is 3.45. The Balaban J connectivity index is 2.09. The molecule has 0 bridgehead atoms. The van der Waals surface area contributed by atoms with Crippen LogP contribution in [0.4, 0.5) is 10.7 Å². The first kappa shape index (κ1) is 19.4. The number of carbonyl (C=O) groups is 2. The van der Waals surface area contributed by atoms with Crippen LogP contribution in [0.15, 0.2) is 16.9 Å². The lowest BCUT2D eigenvalue weighted by Gasteiger charge is -2.40. The second-order valence-electron chi connectivity index (χ2n) is 6.89. The van der Waals surface area contributed by atoms with E-state index >= 15 is 0 Å². The number of ether oxygens (including phenoxy) is 2. The molecule has 25 heavy (non-hydrogen) atoms. The van der Waals surface area contributed by atoms with Gasteiger partial charge in [0.1, 0.15) is 11.1 Å². The van der Waals surface area contributed by atoms with Gasteiger partial charge in [-0.3, -0.25) is 0 Å². The lowest BCUT2D eigenvalue weighted by molar-refractivity contribution is -0.149. The standard InChI is InChI=1S/C16H23BrN4O4/c1-15(2,3)25-14(23)20-16(12(22)24-4)5-7-21(8-6-16)13-18-9-11(17)10-19-13/h9-10H,5-8H2,1-4H3,(H,20,23). The SMILES string of the molecule is COC(=O)C1(NC(=O)OC(C)(C)C)CCN(c2ncc(Br)cn2)CC1. The van der Waals surface area contributed by atoms with Crippen LogP contribution in [0.5, 0.6) is 0 Å². The molecule has 0 aromatic carbocycles. The van der Waals surface area contributed by atoms with Crippen molar-refractivity contribution in [3.63, 3.8) is 0 Å². The van der Waals surface area contributed by atoms with Gasteiger partial charge in [0.25, 0.3) is 0 Å². The molecule has 2 rings (SSSR count). The first-order valence-corrected chi connectivity index (χ1v) is 8.76. The average molecular weight is 415 g/mol. The number of amides is 1. The van der Waals surface area contributed by atoms with Crippen molar-refractivity contribution in [2.24, 2.45) is 0 Å². The molecule has 1 aliphatic heterocycles. The van der Waals surface area contributed by atoms with E-state index < -0.39 is 23.2 Å². The third kappa shape index (κ3) is 5.04. The zero-order valence-electron chi connectivity index (χ0n) is 14.8. The Morgan fingerprint density at radius 2 is 1.80 bits per heavy atom. The molecule has 1 N–H and O–H groups in total. The largest absolute Gasteiger partial charge is 0.467 e. The van der Waals surface area contributed by atoms with E-state index in [1.54, 1.807) is 33.2 Å². The summed E-state index contributed by atoms with van der Waals surface area (Å²) < 4.78 is 11.0. The molecule has 0 aliphatic carbocycles. The van der Waals surface area contributed by atoms with Crippen molar-refractivity contribution in [2.45, 2.75) is 44.8 Å². The van der Waals surface area contributed by atoms with E-state index in [-0.39, 0.29) is 0 Å². The molecule has 1 aliphatic rings. The Kier molecular flexibility index (Phi) is 5.87. The van der Waals surface area contributed by atoms with Gasteiger partial charge in [-0.15, -0.1) is 0 Å². The van der Waals surface area contributed by atoms with E-state index in [0.29, 0.717) is 31.9 Å². The Morgan fingerprint density at radius 3 is 2.28 bits per heavy atom. The molecular weight excluding hydrogens is 392 g/mol. The number of aromatic nitrogens is 2. The zero-order valence-corrected chi connectivity index (χ0v) is 16.4. The lowest BCUT2D eigenvalue weighted by Crippen LogP contribution is -2.61. The van der Waals surface area contributed by atoms with E-state index in [1.807, 2.05) is 4.90 Å². The molecule has 0 spiro atoms. The first-order valence-electron chi connectivity index (χ1n) is 7.97. The van der Waals surface area contributed by atoms with Crippen molar-refractivity contribution in [3.05, 3.63) is 16.9 Å². The number of nitrogens with one attached hydrogen (secondary N) is 1. The highest BCUT2D eigenvalue weighted by Crippen LogP contribution is 2.27. The molecule has 0 atom stereocenters. The maximum Gasteiger partial charge on any atom is 0.408 e. The van der Waals surface area contributed by atoms with Gasteiger partial charge in [0.05, 0.1) is 11.6 Å². The van der Waals surface area contributed by atoms with Gasteiger partial charge in [0, 0.05) is 25.5 Å². The number of piperidine rings is 1. The van der Waals surface area contributed by atoms with Crippen LogP contribution in [0.2, 0.25) is 0 Å². The minimum absolute atomic E-state index is 0.373. The van der Waals surface area contributed by atoms with Crippen molar-refractivity contribution in [2.75, 3.05) is 25.1 Å². The molecule has 9 heteroatoms. The number of nitrogens with zero attached hydrogens (tertiary/aromatic N) is 3. The monoisotopic (exact) mass is 414 g/mol. The normalized spacial score (nSPS) is 16.9. The van der Waals surface area contributed by atoms with Gasteiger partial charge in [0.15, 0.2) is 0 Å². The lowest BCUT2D eigenvalue weighted by atomic mass is 9.87. The fraction of sp³-hybridized carbons (Fsp3) is 0.625. The highest BCUT2D eigenvalue weighted by molar-refractivity contribution is 9.10. The van der Waals surface area contributed by atoms with Crippen molar-refractivity contribution in [1.82, 2.24) is 15.3 Å². The molecule has 0 saturated carbocycles. The quantitative estimate of drug-likeness (QED) is 0.757.